The van der Waals surface area contributed by atoms with Gasteiger partial charge in [0, 0.05) is 13.0 Å². The number of unbranched alkanes of at least 4 members (excludes halogenated alkanes) is 8. The highest BCUT2D eigenvalue weighted by molar-refractivity contribution is 7.46. The summed E-state index contributed by atoms with van der Waals surface area (Å²) in [4.78, 5) is 28.6. The summed E-state index contributed by atoms with van der Waals surface area (Å²) in [5, 5.41) is 12.0. The van der Waals surface area contributed by atoms with Crippen molar-refractivity contribution in [3.05, 3.63) is 12.2 Å². The normalized spacial score (nSPS) is 13.2. The van der Waals surface area contributed by atoms with Crippen molar-refractivity contribution in [1.29, 1.82) is 0 Å². The Hall–Kier alpha value is -0.720. The number of hydrogen-bond donors (Lipinski definition) is 4. The summed E-state index contributed by atoms with van der Waals surface area (Å²) in [5.41, 5.74) is 0. The number of amides is 1. The Morgan fingerprint density at radius 2 is 1.62 bits per heavy atom. The van der Waals surface area contributed by atoms with Gasteiger partial charge >= 0.3 is 7.82 Å². The molecule has 1 atom stereocenters. The largest absolute Gasteiger partial charge is 0.469 e. The fourth-order valence-electron chi connectivity index (χ4n) is 2.37. The molecular formula is C18H36NO6P. The molecule has 0 aromatic carbocycles. The maximum Gasteiger partial charge on any atom is 0.469 e. The molecule has 0 aromatic rings. The van der Waals surface area contributed by atoms with Crippen molar-refractivity contribution >= 4 is 13.7 Å². The van der Waals surface area contributed by atoms with Crippen molar-refractivity contribution in [2.75, 3.05) is 13.2 Å². The zero-order chi connectivity index (χ0) is 19.7. The minimum Gasteiger partial charge on any atom is -0.389 e. The molecule has 0 aliphatic rings. The Morgan fingerprint density at radius 1 is 1.04 bits per heavy atom. The first-order valence-corrected chi connectivity index (χ1v) is 11.2. The highest BCUT2D eigenvalue weighted by Crippen LogP contribution is 2.35. The minimum absolute atomic E-state index is 0.0788. The average Bonchev–Trinajstić information content (AvgIpc) is 2.58. The predicted molar refractivity (Wildman–Crippen MR) is 103 cm³/mol. The Morgan fingerprint density at radius 3 is 2.23 bits per heavy atom. The van der Waals surface area contributed by atoms with Crippen molar-refractivity contribution in [3.63, 3.8) is 0 Å². The van der Waals surface area contributed by atoms with Gasteiger partial charge in [-0.05, 0) is 25.7 Å². The molecule has 0 radical (unpaired) electrons. The molecule has 0 saturated carbocycles. The summed E-state index contributed by atoms with van der Waals surface area (Å²) in [6, 6.07) is 0. The van der Waals surface area contributed by atoms with E-state index in [0.29, 0.717) is 6.42 Å². The maximum absolute atomic E-state index is 11.6. The third-order valence-electron chi connectivity index (χ3n) is 3.89. The van der Waals surface area contributed by atoms with E-state index in [1.165, 1.54) is 38.5 Å². The average molecular weight is 393 g/mol. The van der Waals surface area contributed by atoms with Crippen LogP contribution in [0.15, 0.2) is 12.2 Å². The number of phosphoric ester groups is 1. The molecule has 4 N–H and O–H groups in total. The molecule has 0 rings (SSSR count). The van der Waals surface area contributed by atoms with Gasteiger partial charge in [-0.3, -0.25) is 9.32 Å². The lowest BCUT2D eigenvalue weighted by molar-refractivity contribution is -0.121. The number of phosphoric acid groups is 1. The number of aliphatic hydroxyl groups is 1. The first-order chi connectivity index (χ1) is 12.3. The zero-order valence-electron chi connectivity index (χ0n) is 15.9. The summed E-state index contributed by atoms with van der Waals surface area (Å²) in [7, 11) is -4.59. The van der Waals surface area contributed by atoms with Crippen LogP contribution < -0.4 is 5.32 Å². The van der Waals surface area contributed by atoms with Crippen LogP contribution in [0.5, 0.6) is 0 Å². The van der Waals surface area contributed by atoms with Gasteiger partial charge in [-0.1, -0.05) is 57.6 Å². The van der Waals surface area contributed by atoms with Crippen LogP contribution in [0.4, 0.5) is 0 Å². The Bertz CT molecular complexity index is 424. The SMILES string of the molecule is CCCC/C=C/CCCCCCCCC(=O)NC[C@H](O)COP(=O)(O)O. The molecule has 8 heteroatoms. The van der Waals surface area contributed by atoms with Crippen molar-refractivity contribution in [3.8, 4) is 0 Å². The molecule has 0 saturated heterocycles. The van der Waals surface area contributed by atoms with Gasteiger partial charge in [0.2, 0.25) is 5.91 Å². The zero-order valence-corrected chi connectivity index (χ0v) is 16.8. The van der Waals surface area contributed by atoms with E-state index in [9.17, 15) is 14.5 Å². The van der Waals surface area contributed by atoms with Crippen molar-refractivity contribution in [1.82, 2.24) is 5.32 Å². The van der Waals surface area contributed by atoms with E-state index in [-0.39, 0.29) is 12.5 Å². The number of carbonyl (C=O) groups is 1. The lowest BCUT2D eigenvalue weighted by atomic mass is 10.1. The summed E-state index contributed by atoms with van der Waals surface area (Å²) >= 11 is 0. The Labute approximate surface area is 157 Å². The molecule has 0 aliphatic carbocycles. The summed E-state index contributed by atoms with van der Waals surface area (Å²) in [6.07, 6.45) is 15.2. The third-order valence-corrected chi connectivity index (χ3v) is 4.37. The highest BCUT2D eigenvalue weighted by atomic mass is 31.2. The molecular weight excluding hydrogens is 357 g/mol. The van der Waals surface area contributed by atoms with Gasteiger partial charge in [-0.15, -0.1) is 0 Å². The van der Waals surface area contributed by atoms with E-state index >= 15 is 0 Å². The fourth-order valence-corrected chi connectivity index (χ4v) is 2.74. The Kier molecular flexibility index (Phi) is 16.0. The second-order valence-electron chi connectivity index (χ2n) is 6.52. The number of rotatable bonds is 17. The van der Waals surface area contributed by atoms with Crippen LogP contribution in [0, 0.1) is 0 Å². The smallest absolute Gasteiger partial charge is 0.389 e. The Balaban J connectivity index is 3.41. The fraction of sp³-hybridized carbons (Fsp3) is 0.833. The van der Waals surface area contributed by atoms with Crippen LogP contribution >= 0.6 is 7.82 Å². The second-order valence-corrected chi connectivity index (χ2v) is 7.76. The van der Waals surface area contributed by atoms with Crippen molar-refractivity contribution in [2.45, 2.75) is 83.7 Å². The van der Waals surface area contributed by atoms with E-state index < -0.39 is 20.5 Å². The molecule has 154 valence electrons. The third kappa shape index (κ3) is 19.6. The molecule has 26 heavy (non-hydrogen) atoms. The van der Waals surface area contributed by atoms with Gasteiger partial charge in [-0.2, -0.15) is 0 Å². The van der Waals surface area contributed by atoms with Crippen molar-refractivity contribution in [2.24, 2.45) is 0 Å². The van der Waals surface area contributed by atoms with E-state index in [2.05, 4.69) is 28.9 Å². The van der Waals surface area contributed by atoms with E-state index in [1.807, 2.05) is 0 Å². The number of hydrogen-bond acceptors (Lipinski definition) is 4. The van der Waals surface area contributed by atoms with Gasteiger partial charge in [0.15, 0.2) is 0 Å². The van der Waals surface area contributed by atoms with Gasteiger partial charge < -0.3 is 20.2 Å². The molecule has 0 aliphatic heterocycles. The number of aliphatic hydroxyl groups excluding tert-OH is 1. The monoisotopic (exact) mass is 393 g/mol. The van der Waals surface area contributed by atoms with Gasteiger partial charge in [-0.25, -0.2) is 4.57 Å². The maximum atomic E-state index is 11.6. The van der Waals surface area contributed by atoms with Crippen molar-refractivity contribution < 1.29 is 28.8 Å². The molecule has 0 bridgehead atoms. The summed E-state index contributed by atoms with van der Waals surface area (Å²) in [6.45, 7) is 1.61. The van der Waals surface area contributed by atoms with Crippen LogP contribution in [0.25, 0.3) is 0 Å². The number of nitrogens with one attached hydrogen (secondary N) is 1. The van der Waals surface area contributed by atoms with E-state index in [4.69, 9.17) is 9.79 Å². The second kappa shape index (κ2) is 16.5. The molecule has 7 nitrogen and oxygen atoms in total. The van der Waals surface area contributed by atoms with Gasteiger partial charge in [0.05, 0.1) is 12.7 Å². The first kappa shape index (κ1) is 25.3. The van der Waals surface area contributed by atoms with Crippen LogP contribution in [0.2, 0.25) is 0 Å². The first-order valence-electron chi connectivity index (χ1n) is 9.65. The quantitative estimate of drug-likeness (QED) is 0.171. The summed E-state index contributed by atoms with van der Waals surface area (Å²) < 4.78 is 14.6. The predicted octanol–water partition coefficient (Wildman–Crippen LogP) is 3.44. The molecule has 0 fully saturated rings. The number of carbonyl (C=O) groups excluding carboxylic acids is 1. The highest BCUT2D eigenvalue weighted by Gasteiger charge is 2.17. The lowest BCUT2D eigenvalue weighted by Crippen LogP contribution is -2.34. The minimum atomic E-state index is -4.59. The van der Waals surface area contributed by atoms with Crippen LogP contribution in [-0.4, -0.2) is 40.1 Å². The topological polar surface area (TPSA) is 116 Å². The van der Waals surface area contributed by atoms with Gasteiger partial charge in [0.25, 0.3) is 0 Å². The van der Waals surface area contributed by atoms with E-state index in [1.54, 1.807) is 0 Å². The number of allylic oxidation sites excluding steroid dienone is 2. The molecule has 1 amide bonds. The summed E-state index contributed by atoms with van der Waals surface area (Å²) in [5.74, 6) is -0.169. The lowest BCUT2D eigenvalue weighted by Gasteiger charge is -2.12. The van der Waals surface area contributed by atoms with Crippen LogP contribution in [0.3, 0.4) is 0 Å². The van der Waals surface area contributed by atoms with E-state index in [0.717, 1.165) is 25.7 Å². The molecule has 0 unspecified atom stereocenters. The van der Waals surface area contributed by atoms with Gasteiger partial charge in [0.1, 0.15) is 0 Å². The molecule has 0 heterocycles. The molecule has 0 spiro atoms. The standard InChI is InChI=1S/C18H36NO6P/c1-2-3-4-5-6-7-8-9-10-11-12-13-14-18(21)19-15-17(20)16-25-26(22,23)24/h5-6,17,20H,2-4,7-16H2,1H3,(H,19,21)(H2,22,23,24)/b6-5+/t17-/m0/s1. The van der Waals surface area contributed by atoms with Crippen LogP contribution in [0.1, 0.15) is 77.6 Å². The van der Waals surface area contributed by atoms with Crippen LogP contribution in [-0.2, 0) is 13.9 Å². The molecule has 0 aromatic heterocycles.